The number of thiazole rings is 1. The van der Waals surface area contributed by atoms with Crippen LogP contribution < -0.4 is 10.2 Å². The zero-order valence-electron chi connectivity index (χ0n) is 19.4. The third kappa shape index (κ3) is 4.84. The van der Waals surface area contributed by atoms with Gasteiger partial charge in [-0.2, -0.15) is 5.10 Å². The fourth-order valence-electron chi connectivity index (χ4n) is 3.63. The molecule has 0 spiro atoms. The summed E-state index contributed by atoms with van der Waals surface area (Å²) in [5, 5.41) is 14.9. The van der Waals surface area contributed by atoms with Crippen LogP contribution in [0.2, 0.25) is 0 Å². The van der Waals surface area contributed by atoms with Gasteiger partial charge in [0.15, 0.2) is 0 Å². The molecule has 0 saturated carbocycles. The summed E-state index contributed by atoms with van der Waals surface area (Å²) in [5.74, 6) is 0.651. The molecular formula is C27H25N3O3S. The first kappa shape index (κ1) is 23.2. The van der Waals surface area contributed by atoms with Gasteiger partial charge < -0.3 is 9.84 Å². The Morgan fingerprint density at radius 2 is 1.71 bits per heavy atom. The van der Waals surface area contributed by atoms with Crippen LogP contribution in [-0.2, 0) is 0 Å². The number of aromatic hydroxyl groups is 1. The number of carbonyl (C=O) groups excluding carboxylic acids is 1. The molecule has 0 fully saturated rings. The lowest BCUT2D eigenvalue weighted by Gasteiger charge is -2.05. The topological polar surface area (TPSA) is 83.8 Å². The number of rotatable bonds is 6. The summed E-state index contributed by atoms with van der Waals surface area (Å²) < 4.78 is 5.26. The van der Waals surface area contributed by atoms with Crippen molar-refractivity contribution < 1.29 is 14.6 Å². The van der Waals surface area contributed by atoms with Crippen molar-refractivity contribution in [3.63, 3.8) is 0 Å². The number of carbonyl (C=O) groups is 1. The molecule has 7 heteroatoms. The summed E-state index contributed by atoms with van der Waals surface area (Å²) >= 11 is 1.33. The number of amides is 1. The Kier molecular flexibility index (Phi) is 6.75. The van der Waals surface area contributed by atoms with Gasteiger partial charge in [-0.25, -0.2) is 10.4 Å². The number of hydrogen-bond acceptors (Lipinski definition) is 6. The van der Waals surface area contributed by atoms with E-state index in [0.717, 1.165) is 44.1 Å². The number of benzene rings is 3. The molecular weight excluding hydrogens is 446 g/mol. The maximum absolute atomic E-state index is 13.2. The van der Waals surface area contributed by atoms with Crippen LogP contribution in [0.3, 0.4) is 0 Å². The van der Waals surface area contributed by atoms with Crippen LogP contribution in [0.15, 0.2) is 65.8 Å². The molecule has 3 aromatic carbocycles. The molecule has 0 aliphatic carbocycles. The van der Waals surface area contributed by atoms with Gasteiger partial charge in [0.1, 0.15) is 21.4 Å². The van der Waals surface area contributed by atoms with Gasteiger partial charge in [0.2, 0.25) is 0 Å². The average Bonchev–Trinajstić information content (AvgIpc) is 3.28. The van der Waals surface area contributed by atoms with E-state index in [9.17, 15) is 9.90 Å². The SMILES string of the molecule is COc1ccc(-c2nc(-c3ccccc3C)sc2C(=O)N/N=C/c2cc(C)c(O)c(C)c2)cc1. The van der Waals surface area contributed by atoms with Crippen LogP contribution in [-0.4, -0.2) is 29.3 Å². The van der Waals surface area contributed by atoms with E-state index in [1.807, 2.05) is 81.4 Å². The molecule has 1 heterocycles. The van der Waals surface area contributed by atoms with E-state index < -0.39 is 0 Å². The van der Waals surface area contributed by atoms with Crippen LogP contribution in [0.25, 0.3) is 21.8 Å². The fourth-order valence-corrected chi connectivity index (χ4v) is 4.69. The molecule has 0 aliphatic rings. The maximum atomic E-state index is 13.2. The summed E-state index contributed by atoms with van der Waals surface area (Å²) in [6, 6.07) is 19.0. The van der Waals surface area contributed by atoms with Gasteiger partial charge in [-0.15, -0.1) is 11.3 Å². The molecule has 2 N–H and O–H groups in total. The molecule has 0 bridgehead atoms. The minimum absolute atomic E-state index is 0.263. The van der Waals surface area contributed by atoms with Crippen molar-refractivity contribution in [3.05, 3.63) is 87.8 Å². The number of phenols is 1. The van der Waals surface area contributed by atoms with E-state index in [0.29, 0.717) is 10.6 Å². The monoisotopic (exact) mass is 471 g/mol. The van der Waals surface area contributed by atoms with Crippen molar-refractivity contribution in [2.75, 3.05) is 7.11 Å². The third-order valence-corrected chi connectivity index (χ3v) is 6.55. The number of aromatic nitrogens is 1. The summed E-state index contributed by atoms with van der Waals surface area (Å²) in [5.41, 5.74) is 8.39. The van der Waals surface area contributed by atoms with Crippen molar-refractivity contribution in [1.29, 1.82) is 0 Å². The fraction of sp³-hybridized carbons (Fsp3) is 0.148. The highest BCUT2D eigenvalue weighted by Gasteiger charge is 2.21. The normalized spacial score (nSPS) is 11.1. The summed E-state index contributed by atoms with van der Waals surface area (Å²) in [7, 11) is 1.61. The van der Waals surface area contributed by atoms with Gasteiger partial charge in [0, 0.05) is 11.1 Å². The van der Waals surface area contributed by atoms with Crippen LogP contribution in [0.5, 0.6) is 11.5 Å². The van der Waals surface area contributed by atoms with Crippen LogP contribution in [0, 0.1) is 20.8 Å². The van der Waals surface area contributed by atoms with Crippen molar-refractivity contribution in [1.82, 2.24) is 10.4 Å². The number of hydrogen-bond donors (Lipinski definition) is 2. The Bertz CT molecular complexity index is 1350. The molecule has 6 nitrogen and oxygen atoms in total. The first-order valence-corrected chi connectivity index (χ1v) is 11.5. The molecule has 0 unspecified atom stereocenters. The lowest BCUT2D eigenvalue weighted by molar-refractivity contribution is 0.0959. The van der Waals surface area contributed by atoms with Gasteiger partial charge in [-0.1, -0.05) is 24.3 Å². The Morgan fingerprint density at radius 3 is 2.35 bits per heavy atom. The number of nitrogens with zero attached hydrogens (tertiary/aromatic N) is 2. The molecule has 0 atom stereocenters. The molecule has 0 radical (unpaired) electrons. The average molecular weight is 472 g/mol. The highest BCUT2D eigenvalue weighted by molar-refractivity contribution is 7.17. The number of methoxy groups -OCH3 is 1. The van der Waals surface area contributed by atoms with E-state index in [2.05, 4.69) is 10.5 Å². The molecule has 4 rings (SSSR count). The Balaban J connectivity index is 1.67. The predicted molar refractivity (Wildman–Crippen MR) is 137 cm³/mol. The largest absolute Gasteiger partial charge is 0.507 e. The summed E-state index contributed by atoms with van der Waals surface area (Å²) in [6.07, 6.45) is 1.56. The smallest absolute Gasteiger partial charge is 0.283 e. The van der Waals surface area contributed by atoms with Gasteiger partial charge in [0.25, 0.3) is 5.91 Å². The first-order valence-electron chi connectivity index (χ1n) is 10.7. The van der Waals surface area contributed by atoms with Crippen molar-refractivity contribution in [3.8, 4) is 33.3 Å². The van der Waals surface area contributed by atoms with Crippen LogP contribution in [0.1, 0.15) is 31.9 Å². The highest BCUT2D eigenvalue weighted by atomic mass is 32.1. The molecule has 1 amide bonds. The molecule has 0 saturated heterocycles. The lowest BCUT2D eigenvalue weighted by atomic mass is 10.1. The van der Waals surface area contributed by atoms with E-state index in [1.54, 1.807) is 13.3 Å². The molecule has 1 aromatic heterocycles. The van der Waals surface area contributed by atoms with E-state index >= 15 is 0 Å². The van der Waals surface area contributed by atoms with Gasteiger partial charge in [0.05, 0.1) is 19.0 Å². The number of phenolic OH excluding ortho intramolecular Hbond substituents is 1. The first-order chi connectivity index (χ1) is 16.4. The molecule has 172 valence electrons. The van der Waals surface area contributed by atoms with Gasteiger partial charge in [-0.05, 0) is 79.4 Å². The predicted octanol–water partition coefficient (Wildman–Crippen LogP) is 5.88. The molecule has 34 heavy (non-hydrogen) atoms. The van der Waals surface area contributed by atoms with E-state index in [4.69, 9.17) is 9.72 Å². The van der Waals surface area contributed by atoms with Crippen molar-refractivity contribution in [2.45, 2.75) is 20.8 Å². The maximum Gasteiger partial charge on any atom is 0.283 e. The van der Waals surface area contributed by atoms with Gasteiger partial charge in [-0.3, -0.25) is 4.79 Å². The van der Waals surface area contributed by atoms with Crippen LogP contribution in [0.4, 0.5) is 0 Å². The van der Waals surface area contributed by atoms with E-state index in [1.165, 1.54) is 11.3 Å². The standard InChI is InChI=1S/C27H25N3O3S/c1-16-7-5-6-8-22(16)27-29-23(20-9-11-21(33-4)12-10-20)25(34-27)26(32)30-28-15-19-13-17(2)24(31)18(3)14-19/h5-15,31H,1-4H3,(H,30,32)/b28-15+. The quantitative estimate of drug-likeness (QED) is 0.272. The minimum Gasteiger partial charge on any atom is -0.507 e. The second-order valence-corrected chi connectivity index (χ2v) is 8.94. The number of nitrogens with one attached hydrogen (secondary N) is 1. The zero-order valence-corrected chi connectivity index (χ0v) is 20.2. The lowest BCUT2D eigenvalue weighted by Crippen LogP contribution is -2.17. The highest BCUT2D eigenvalue weighted by Crippen LogP contribution is 2.35. The second kappa shape index (κ2) is 9.89. The van der Waals surface area contributed by atoms with Crippen molar-refractivity contribution >= 4 is 23.5 Å². The second-order valence-electron chi connectivity index (χ2n) is 7.94. The van der Waals surface area contributed by atoms with Gasteiger partial charge >= 0.3 is 0 Å². The summed E-state index contributed by atoms with van der Waals surface area (Å²) in [6.45, 7) is 5.67. The Morgan fingerprint density at radius 1 is 1.03 bits per heavy atom. The zero-order chi connectivity index (χ0) is 24.2. The van der Waals surface area contributed by atoms with Crippen molar-refractivity contribution in [2.24, 2.45) is 5.10 Å². The Hall–Kier alpha value is -3.97. The van der Waals surface area contributed by atoms with Crippen LogP contribution >= 0.6 is 11.3 Å². The number of aryl methyl sites for hydroxylation is 3. The Labute approximate surface area is 202 Å². The van der Waals surface area contributed by atoms with E-state index in [-0.39, 0.29) is 11.7 Å². The summed E-state index contributed by atoms with van der Waals surface area (Å²) in [4.78, 5) is 18.4. The minimum atomic E-state index is -0.341. The number of hydrazone groups is 1. The molecule has 0 aliphatic heterocycles. The third-order valence-electron chi connectivity index (χ3n) is 5.47. The number of ether oxygens (including phenoxy) is 1. The molecule has 4 aromatic rings.